The smallest absolute Gasteiger partial charge is 0.322 e. The van der Waals surface area contributed by atoms with Crippen LogP contribution in [0.25, 0.3) is 0 Å². The fourth-order valence-electron chi connectivity index (χ4n) is 1.53. The summed E-state index contributed by atoms with van der Waals surface area (Å²) in [5.74, 6) is 0.299. The minimum Gasteiger partial charge on any atom is -0.468 e. The van der Waals surface area contributed by atoms with Crippen LogP contribution < -0.4 is 11.1 Å². The van der Waals surface area contributed by atoms with Crippen LogP contribution in [0.5, 0.6) is 0 Å². The van der Waals surface area contributed by atoms with E-state index in [1.54, 1.807) is 0 Å². The Bertz CT molecular complexity index is 283. The first kappa shape index (κ1) is 18.2. The van der Waals surface area contributed by atoms with E-state index in [4.69, 9.17) is 5.73 Å². The van der Waals surface area contributed by atoms with Crippen LogP contribution in [0.2, 0.25) is 0 Å². The number of thioether (sulfide) groups is 1. The van der Waals surface area contributed by atoms with Gasteiger partial charge in [0.1, 0.15) is 6.04 Å². The molecule has 0 saturated heterocycles. The summed E-state index contributed by atoms with van der Waals surface area (Å²) in [5.41, 5.74) is 5.63. The van der Waals surface area contributed by atoms with Gasteiger partial charge < -0.3 is 15.8 Å². The van der Waals surface area contributed by atoms with Gasteiger partial charge in [-0.3, -0.25) is 9.59 Å². The van der Waals surface area contributed by atoms with Crippen molar-refractivity contribution in [3.63, 3.8) is 0 Å². The predicted octanol–water partition coefficient (Wildman–Crippen LogP) is 1.30. The fraction of sp³-hybridized carbons (Fsp3) is 0.846. The molecule has 0 fully saturated rings. The number of ether oxygens (including phenoxy) is 1. The average molecular weight is 290 g/mol. The van der Waals surface area contributed by atoms with Crippen LogP contribution in [-0.4, -0.2) is 42.1 Å². The topological polar surface area (TPSA) is 81.4 Å². The van der Waals surface area contributed by atoms with Gasteiger partial charge in [0.2, 0.25) is 5.91 Å². The molecule has 0 spiro atoms. The van der Waals surface area contributed by atoms with E-state index in [0.717, 1.165) is 12.8 Å². The van der Waals surface area contributed by atoms with Crippen LogP contribution >= 0.6 is 11.8 Å². The molecule has 112 valence electrons. The summed E-state index contributed by atoms with van der Waals surface area (Å²) < 4.78 is 4.55. The first-order valence-corrected chi connectivity index (χ1v) is 7.76. The van der Waals surface area contributed by atoms with E-state index >= 15 is 0 Å². The van der Waals surface area contributed by atoms with E-state index in [1.165, 1.54) is 18.9 Å². The highest BCUT2D eigenvalue weighted by Gasteiger charge is 2.18. The Hall–Kier alpha value is -0.750. The van der Waals surface area contributed by atoms with Gasteiger partial charge in [0, 0.05) is 6.04 Å². The average Bonchev–Trinajstić information content (AvgIpc) is 2.42. The molecule has 0 aliphatic rings. The van der Waals surface area contributed by atoms with Crippen molar-refractivity contribution < 1.29 is 14.3 Å². The zero-order chi connectivity index (χ0) is 14.8. The van der Waals surface area contributed by atoms with Crippen LogP contribution in [0.15, 0.2) is 0 Å². The molecule has 0 heterocycles. The maximum Gasteiger partial charge on any atom is 0.322 e. The lowest BCUT2D eigenvalue weighted by Gasteiger charge is -2.18. The zero-order valence-corrected chi connectivity index (χ0v) is 13.1. The van der Waals surface area contributed by atoms with Gasteiger partial charge >= 0.3 is 5.97 Å². The molecule has 19 heavy (non-hydrogen) atoms. The van der Waals surface area contributed by atoms with E-state index in [2.05, 4.69) is 23.9 Å². The molecular weight excluding hydrogens is 264 g/mol. The Balaban J connectivity index is 3.94. The number of methoxy groups -OCH3 is 1. The summed E-state index contributed by atoms with van der Waals surface area (Å²) in [5, 5.41) is 2.87. The highest BCUT2D eigenvalue weighted by molar-refractivity contribution is 8.00. The minimum absolute atomic E-state index is 0.0466. The number of carbonyl (C=O) groups is 2. The predicted molar refractivity (Wildman–Crippen MR) is 79.0 cm³/mol. The molecule has 5 nitrogen and oxygen atoms in total. The molecule has 3 N–H and O–H groups in total. The van der Waals surface area contributed by atoms with Gasteiger partial charge in [-0.1, -0.05) is 13.8 Å². The normalized spacial score (nSPS) is 14.0. The number of rotatable bonds is 9. The number of carbonyl (C=O) groups excluding carboxylic acids is 2. The summed E-state index contributed by atoms with van der Waals surface area (Å²) >= 11 is 1.50. The Morgan fingerprint density at radius 1 is 1.32 bits per heavy atom. The van der Waals surface area contributed by atoms with Crippen LogP contribution in [0, 0.1) is 0 Å². The standard InChI is InChI=1S/C13H26N2O3S/c1-5-10(6-2)15-12(16)9(3)19-8-7-11(14)13(17)18-4/h9-11H,5-8,14H2,1-4H3,(H,15,16). The Morgan fingerprint density at radius 2 is 1.89 bits per heavy atom. The van der Waals surface area contributed by atoms with Crippen LogP contribution in [0.4, 0.5) is 0 Å². The van der Waals surface area contributed by atoms with Crippen molar-refractivity contribution in [3.8, 4) is 0 Å². The van der Waals surface area contributed by atoms with Gasteiger partial charge in [0.05, 0.1) is 12.4 Å². The molecule has 0 aliphatic heterocycles. The summed E-state index contributed by atoms with van der Waals surface area (Å²) in [6, 6.07) is -0.361. The van der Waals surface area contributed by atoms with Crippen molar-refractivity contribution in [2.75, 3.05) is 12.9 Å². The number of nitrogens with two attached hydrogens (primary N) is 1. The molecule has 6 heteroatoms. The number of esters is 1. The Kier molecular flexibility index (Phi) is 9.69. The molecule has 0 aliphatic carbocycles. The van der Waals surface area contributed by atoms with E-state index in [0.29, 0.717) is 12.2 Å². The zero-order valence-electron chi connectivity index (χ0n) is 12.3. The number of nitrogens with one attached hydrogen (secondary N) is 1. The molecule has 0 aromatic carbocycles. The number of hydrogen-bond donors (Lipinski definition) is 2. The molecule has 0 aromatic rings. The third-order valence-corrected chi connectivity index (χ3v) is 4.19. The van der Waals surface area contributed by atoms with Crippen molar-refractivity contribution in [1.82, 2.24) is 5.32 Å². The first-order valence-electron chi connectivity index (χ1n) is 6.71. The van der Waals surface area contributed by atoms with Gasteiger partial charge in [0.25, 0.3) is 0 Å². The van der Waals surface area contributed by atoms with E-state index < -0.39 is 12.0 Å². The highest BCUT2D eigenvalue weighted by atomic mass is 32.2. The van der Waals surface area contributed by atoms with Crippen molar-refractivity contribution in [1.29, 1.82) is 0 Å². The summed E-state index contributed by atoms with van der Waals surface area (Å²) in [6.07, 6.45) is 2.39. The Morgan fingerprint density at radius 3 is 2.37 bits per heavy atom. The molecule has 0 bridgehead atoms. The van der Waals surface area contributed by atoms with Crippen LogP contribution in [0.1, 0.15) is 40.0 Å². The van der Waals surface area contributed by atoms with Gasteiger partial charge in [0.15, 0.2) is 0 Å². The highest BCUT2D eigenvalue weighted by Crippen LogP contribution is 2.13. The molecule has 1 amide bonds. The molecule has 0 radical (unpaired) electrons. The molecule has 2 unspecified atom stereocenters. The maximum absolute atomic E-state index is 11.9. The second-order valence-corrected chi connectivity index (χ2v) is 5.90. The lowest BCUT2D eigenvalue weighted by molar-refractivity contribution is -0.142. The van der Waals surface area contributed by atoms with Crippen molar-refractivity contribution in [2.24, 2.45) is 5.73 Å². The summed E-state index contributed by atoms with van der Waals surface area (Å²) in [6.45, 7) is 5.98. The molecule has 0 rings (SSSR count). The van der Waals surface area contributed by atoms with Gasteiger partial charge in [-0.2, -0.15) is 0 Å². The molecule has 0 aromatic heterocycles. The largest absolute Gasteiger partial charge is 0.468 e. The summed E-state index contributed by atoms with van der Waals surface area (Å²) in [4.78, 5) is 23.0. The number of amides is 1. The first-order chi connectivity index (χ1) is 8.96. The maximum atomic E-state index is 11.9. The van der Waals surface area contributed by atoms with Crippen molar-refractivity contribution >= 4 is 23.6 Å². The van der Waals surface area contributed by atoms with Crippen LogP contribution in [-0.2, 0) is 14.3 Å². The molecule has 0 saturated carbocycles. The van der Waals surface area contributed by atoms with Gasteiger partial charge in [-0.05, 0) is 31.9 Å². The lowest BCUT2D eigenvalue weighted by Crippen LogP contribution is -2.39. The second kappa shape index (κ2) is 10.1. The van der Waals surface area contributed by atoms with E-state index in [-0.39, 0.29) is 17.2 Å². The fourth-order valence-corrected chi connectivity index (χ4v) is 2.49. The van der Waals surface area contributed by atoms with Crippen LogP contribution in [0.3, 0.4) is 0 Å². The second-order valence-electron chi connectivity index (χ2n) is 4.45. The third-order valence-electron chi connectivity index (χ3n) is 3.00. The SMILES string of the molecule is CCC(CC)NC(=O)C(C)SCCC(N)C(=O)OC. The monoisotopic (exact) mass is 290 g/mol. The minimum atomic E-state index is -0.605. The lowest BCUT2D eigenvalue weighted by atomic mass is 10.2. The molecular formula is C13H26N2O3S. The van der Waals surface area contributed by atoms with Gasteiger partial charge in [-0.25, -0.2) is 0 Å². The molecule has 2 atom stereocenters. The van der Waals surface area contributed by atoms with Crippen molar-refractivity contribution in [2.45, 2.75) is 57.4 Å². The quantitative estimate of drug-likeness (QED) is 0.626. The third kappa shape index (κ3) is 7.42. The summed E-state index contributed by atoms with van der Waals surface area (Å²) in [7, 11) is 1.32. The van der Waals surface area contributed by atoms with E-state index in [9.17, 15) is 9.59 Å². The number of hydrogen-bond acceptors (Lipinski definition) is 5. The van der Waals surface area contributed by atoms with E-state index in [1.807, 2.05) is 6.92 Å². The van der Waals surface area contributed by atoms with Gasteiger partial charge in [-0.15, -0.1) is 11.8 Å². The Labute approximate surface area is 120 Å². The van der Waals surface area contributed by atoms with Crippen molar-refractivity contribution in [3.05, 3.63) is 0 Å².